The Balaban J connectivity index is 1.84. The standard InChI is InChI=1S/C22H27N3O4/c1-22(2,3)29-21(28)24-15-20(27)23-14-17-11-7-8-12-18(17)25-19(26)13-16-9-5-4-6-10-16/h4-12H,13-15H2,1-3H3,(H,23,27)(H,24,28)(H,25,26). The minimum Gasteiger partial charge on any atom is -0.444 e. The summed E-state index contributed by atoms with van der Waals surface area (Å²) in [5.41, 5.74) is 1.69. The van der Waals surface area contributed by atoms with Gasteiger partial charge in [0.15, 0.2) is 0 Å². The van der Waals surface area contributed by atoms with E-state index in [1.807, 2.05) is 48.5 Å². The molecule has 2 aromatic rings. The molecular formula is C22H27N3O4. The first kappa shape index (κ1) is 21.9. The van der Waals surface area contributed by atoms with E-state index in [-0.39, 0.29) is 31.3 Å². The summed E-state index contributed by atoms with van der Waals surface area (Å²) in [6.07, 6.45) is -0.386. The van der Waals surface area contributed by atoms with Crippen molar-refractivity contribution in [3.8, 4) is 0 Å². The van der Waals surface area contributed by atoms with Gasteiger partial charge in [0.25, 0.3) is 0 Å². The van der Waals surface area contributed by atoms with Crippen LogP contribution in [-0.4, -0.2) is 30.1 Å². The molecular weight excluding hydrogens is 370 g/mol. The van der Waals surface area contributed by atoms with Gasteiger partial charge >= 0.3 is 6.09 Å². The van der Waals surface area contributed by atoms with Gasteiger partial charge in [0, 0.05) is 12.2 Å². The molecule has 0 saturated carbocycles. The number of benzene rings is 2. The zero-order chi connectivity index (χ0) is 21.3. The van der Waals surface area contributed by atoms with E-state index in [0.717, 1.165) is 11.1 Å². The highest BCUT2D eigenvalue weighted by atomic mass is 16.6. The average Bonchev–Trinajstić information content (AvgIpc) is 2.65. The van der Waals surface area contributed by atoms with Gasteiger partial charge in [-0.15, -0.1) is 0 Å². The van der Waals surface area contributed by atoms with Crippen molar-refractivity contribution in [1.82, 2.24) is 10.6 Å². The molecule has 0 radical (unpaired) electrons. The van der Waals surface area contributed by atoms with Crippen LogP contribution in [0.3, 0.4) is 0 Å². The SMILES string of the molecule is CC(C)(C)OC(=O)NCC(=O)NCc1ccccc1NC(=O)Cc1ccccc1. The number of rotatable bonds is 7. The first-order valence-electron chi connectivity index (χ1n) is 9.38. The van der Waals surface area contributed by atoms with Gasteiger partial charge in [-0.25, -0.2) is 4.79 Å². The van der Waals surface area contributed by atoms with Crippen molar-refractivity contribution in [3.63, 3.8) is 0 Å². The minimum atomic E-state index is -0.652. The van der Waals surface area contributed by atoms with Gasteiger partial charge in [-0.2, -0.15) is 0 Å². The monoisotopic (exact) mass is 397 g/mol. The second kappa shape index (κ2) is 10.3. The number of amides is 3. The van der Waals surface area contributed by atoms with Crippen LogP contribution in [0.15, 0.2) is 54.6 Å². The predicted octanol–water partition coefficient (Wildman–Crippen LogP) is 3.01. The van der Waals surface area contributed by atoms with Crippen molar-refractivity contribution in [3.05, 3.63) is 65.7 Å². The molecule has 3 amide bonds. The van der Waals surface area contributed by atoms with Gasteiger partial charge in [-0.3, -0.25) is 9.59 Å². The van der Waals surface area contributed by atoms with Crippen LogP contribution < -0.4 is 16.0 Å². The molecule has 0 unspecified atom stereocenters. The summed E-state index contributed by atoms with van der Waals surface area (Å²) in [6.45, 7) is 5.26. The van der Waals surface area contributed by atoms with E-state index in [1.165, 1.54) is 0 Å². The number of carbonyl (C=O) groups is 3. The van der Waals surface area contributed by atoms with Crippen LogP contribution in [0, 0.1) is 0 Å². The highest BCUT2D eigenvalue weighted by Gasteiger charge is 2.16. The molecule has 0 bridgehead atoms. The van der Waals surface area contributed by atoms with E-state index in [1.54, 1.807) is 26.8 Å². The Hall–Kier alpha value is -3.35. The topological polar surface area (TPSA) is 96.5 Å². The lowest BCUT2D eigenvalue weighted by Gasteiger charge is -2.19. The van der Waals surface area contributed by atoms with Crippen LogP contribution >= 0.6 is 0 Å². The molecule has 7 nitrogen and oxygen atoms in total. The summed E-state index contributed by atoms with van der Waals surface area (Å²) in [6, 6.07) is 16.7. The first-order chi connectivity index (χ1) is 13.7. The molecule has 2 aromatic carbocycles. The van der Waals surface area contributed by atoms with E-state index >= 15 is 0 Å². The molecule has 0 spiro atoms. The number of para-hydroxylation sites is 1. The molecule has 0 aromatic heterocycles. The van der Waals surface area contributed by atoms with Crippen molar-refractivity contribution in [1.29, 1.82) is 0 Å². The highest BCUT2D eigenvalue weighted by Crippen LogP contribution is 2.15. The second-order valence-electron chi connectivity index (χ2n) is 7.50. The van der Waals surface area contributed by atoms with Crippen molar-refractivity contribution < 1.29 is 19.1 Å². The smallest absolute Gasteiger partial charge is 0.408 e. The fourth-order valence-corrected chi connectivity index (χ4v) is 2.49. The van der Waals surface area contributed by atoms with E-state index in [9.17, 15) is 14.4 Å². The van der Waals surface area contributed by atoms with E-state index in [2.05, 4.69) is 16.0 Å². The lowest BCUT2D eigenvalue weighted by molar-refractivity contribution is -0.120. The molecule has 0 aliphatic rings. The van der Waals surface area contributed by atoms with Gasteiger partial charge in [-0.05, 0) is 38.0 Å². The maximum atomic E-state index is 12.3. The minimum absolute atomic E-state index is 0.137. The quantitative estimate of drug-likeness (QED) is 0.669. The normalized spacial score (nSPS) is 10.7. The molecule has 0 atom stereocenters. The Morgan fingerprint density at radius 2 is 1.52 bits per heavy atom. The lowest BCUT2D eigenvalue weighted by Crippen LogP contribution is -2.39. The average molecular weight is 397 g/mol. The molecule has 2 rings (SSSR count). The van der Waals surface area contributed by atoms with Crippen LogP contribution in [0.5, 0.6) is 0 Å². The summed E-state index contributed by atoms with van der Waals surface area (Å²) < 4.78 is 5.09. The third-order valence-electron chi connectivity index (χ3n) is 3.77. The largest absolute Gasteiger partial charge is 0.444 e. The van der Waals surface area contributed by atoms with E-state index in [4.69, 9.17) is 4.74 Å². The number of alkyl carbamates (subject to hydrolysis) is 1. The van der Waals surface area contributed by atoms with Crippen LogP contribution in [0.1, 0.15) is 31.9 Å². The highest BCUT2D eigenvalue weighted by molar-refractivity contribution is 5.93. The van der Waals surface area contributed by atoms with Crippen molar-refractivity contribution >= 4 is 23.6 Å². The maximum absolute atomic E-state index is 12.3. The molecule has 0 aliphatic heterocycles. The molecule has 3 N–H and O–H groups in total. The van der Waals surface area contributed by atoms with Crippen molar-refractivity contribution in [2.24, 2.45) is 0 Å². The number of carbonyl (C=O) groups excluding carboxylic acids is 3. The number of nitrogens with one attached hydrogen (secondary N) is 3. The zero-order valence-corrected chi connectivity index (χ0v) is 17.0. The van der Waals surface area contributed by atoms with E-state index in [0.29, 0.717) is 5.69 Å². The summed E-state index contributed by atoms with van der Waals surface area (Å²) in [5, 5.41) is 8.01. The van der Waals surface area contributed by atoms with Crippen molar-refractivity contribution in [2.45, 2.75) is 39.3 Å². The molecule has 0 fully saturated rings. The Morgan fingerprint density at radius 1 is 0.862 bits per heavy atom. The summed E-state index contributed by atoms with van der Waals surface area (Å²) in [7, 11) is 0. The van der Waals surface area contributed by atoms with Gasteiger partial charge < -0.3 is 20.7 Å². The van der Waals surface area contributed by atoms with E-state index < -0.39 is 11.7 Å². The maximum Gasteiger partial charge on any atom is 0.408 e. The predicted molar refractivity (Wildman–Crippen MR) is 111 cm³/mol. The molecule has 0 saturated heterocycles. The van der Waals surface area contributed by atoms with Crippen molar-refractivity contribution in [2.75, 3.05) is 11.9 Å². The zero-order valence-electron chi connectivity index (χ0n) is 17.0. The van der Waals surface area contributed by atoms with Gasteiger partial charge in [0.05, 0.1) is 6.42 Å². The molecule has 7 heteroatoms. The molecule has 0 aliphatic carbocycles. The molecule has 154 valence electrons. The number of ether oxygens (including phenoxy) is 1. The Morgan fingerprint density at radius 3 is 2.21 bits per heavy atom. The fourth-order valence-electron chi connectivity index (χ4n) is 2.49. The number of hydrogen-bond donors (Lipinski definition) is 3. The van der Waals surface area contributed by atoms with Gasteiger partial charge in [0.2, 0.25) is 11.8 Å². The number of anilines is 1. The second-order valence-corrected chi connectivity index (χ2v) is 7.50. The summed E-state index contributed by atoms with van der Waals surface area (Å²) in [5.74, 6) is -0.497. The van der Waals surface area contributed by atoms with Gasteiger partial charge in [0.1, 0.15) is 12.1 Å². The Kier molecular flexibility index (Phi) is 7.77. The molecule has 29 heavy (non-hydrogen) atoms. The Labute approximate surface area is 170 Å². The first-order valence-corrected chi connectivity index (χ1v) is 9.38. The summed E-state index contributed by atoms with van der Waals surface area (Å²) >= 11 is 0. The summed E-state index contributed by atoms with van der Waals surface area (Å²) in [4.78, 5) is 35.9. The third kappa shape index (κ3) is 8.47. The lowest BCUT2D eigenvalue weighted by atomic mass is 10.1. The van der Waals surface area contributed by atoms with Crippen LogP contribution in [-0.2, 0) is 27.3 Å². The Bertz CT molecular complexity index is 845. The third-order valence-corrected chi connectivity index (χ3v) is 3.77. The molecule has 0 heterocycles. The van der Waals surface area contributed by atoms with Gasteiger partial charge in [-0.1, -0.05) is 48.5 Å². The fraction of sp³-hybridized carbons (Fsp3) is 0.318. The van der Waals surface area contributed by atoms with Crippen LogP contribution in [0.25, 0.3) is 0 Å². The van der Waals surface area contributed by atoms with Crippen LogP contribution in [0.4, 0.5) is 10.5 Å². The number of hydrogen-bond acceptors (Lipinski definition) is 4. The van der Waals surface area contributed by atoms with Crippen LogP contribution in [0.2, 0.25) is 0 Å².